The van der Waals surface area contributed by atoms with Crippen molar-refractivity contribution >= 4 is 17.3 Å². The van der Waals surface area contributed by atoms with Gasteiger partial charge in [-0.25, -0.2) is 0 Å². The molecular formula is C22H33N3OS. The van der Waals surface area contributed by atoms with Gasteiger partial charge in [-0.1, -0.05) is 36.4 Å². The molecule has 1 aromatic carbocycles. The van der Waals surface area contributed by atoms with Gasteiger partial charge in [-0.15, -0.1) is 11.3 Å². The third-order valence-corrected chi connectivity index (χ3v) is 5.24. The highest BCUT2D eigenvalue weighted by Gasteiger charge is 2.05. The highest BCUT2D eigenvalue weighted by atomic mass is 32.1. The van der Waals surface area contributed by atoms with E-state index in [0.29, 0.717) is 0 Å². The Hall–Kier alpha value is -1.85. The molecule has 0 saturated heterocycles. The lowest BCUT2D eigenvalue weighted by atomic mass is 10.2. The van der Waals surface area contributed by atoms with Gasteiger partial charge < -0.3 is 15.0 Å². The number of guanidine groups is 1. The standard InChI is InChI=1S/C22H33N3OS/c1-3-23-22(25(2)16-13-21-12-9-19-27-21)24-15-7-8-17-26-18-14-20-10-5-4-6-11-20/h4-6,9-12,19H,3,7-8,13-18H2,1-2H3,(H,23,24). The van der Waals surface area contributed by atoms with E-state index < -0.39 is 0 Å². The van der Waals surface area contributed by atoms with Gasteiger partial charge in [0.15, 0.2) is 5.96 Å². The Balaban J connectivity index is 1.58. The van der Waals surface area contributed by atoms with Crippen LogP contribution in [-0.2, 0) is 17.6 Å². The van der Waals surface area contributed by atoms with E-state index in [1.807, 2.05) is 17.4 Å². The van der Waals surface area contributed by atoms with Crippen LogP contribution in [0.1, 0.15) is 30.2 Å². The Morgan fingerprint density at radius 1 is 1.07 bits per heavy atom. The van der Waals surface area contributed by atoms with E-state index in [-0.39, 0.29) is 0 Å². The topological polar surface area (TPSA) is 36.9 Å². The molecule has 2 aromatic rings. The summed E-state index contributed by atoms with van der Waals surface area (Å²) in [5.74, 6) is 0.999. The second kappa shape index (κ2) is 13.3. The number of hydrogen-bond donors (Lipinski definition) is 1. The minimum Gasteiger partial charge on any atom is -0.381 e. The van der Waals surface area contributed by atoms with Crippen molar-refractivity contribution in [1.82, 2.24) is 10.2 Å². The average Bonchev–Trinajstić information content (AvgIpc) is 3.21. The summed E-state index contributed by atoms with van der Waals surface area (Å²) >= 11 is 1.82. The molecule has 0 atom stereocenters. The number of thiophene rings is 1. The molecule has 0 aliphatic carbocycles. The van der Waals surface area contributed by atoms with Crippen molar-refractivity contribution in [1.29, 1.82) is 0 Å². The molecule has 2 rings (SSSR count). The van der Waals surface area contributed by atoms with Gasteiger partial charge >= 0.3 is 0 Å². The summed E-state index contributed by atoms with van der Waals surface area (Å²) in [6.07, 6.45) is 4.15. The summed E-state index contributed by atoms with van der Waals surface area (Å²) in [6.45, 7) is 6.44. The zero-order valence-electron chi connectivity index (χ0n) is 16.7. The van der Waals surface area contributed by atoms with Gasteiger partial charge in [0.25, 0.3) is 0 Å². The number of likely N-dealkylation sites (N-methyl/N-ethyl adjacent to an activating group) is 1. The van der Waals surface area contributed by atoms with Gasteiger partial charge in [-0.2, -0.15) is 0 Å². The first-order valence-electron chi connectivity index (χ1n) is 9.93. The lowest BCUT2D eigenvalue weighted by molar-refractivity contribution is 0.134. The van der Waals surface area contributed by atoms with Crippen LogP contribution in [0, 0.1) is 0 Å². The molecule has 5 heteroatoms. The molecule has 27 heavy (non-hydrogen) atoms. The molecule has 1 aromatic heterocycles. The average molecular weight is 388 g/mol. The Morgan fingerprint density at radius 2 is 1.93 bits per heavy atom. The van der Waals surface area contributed by atoms with Crippen molar-refractivity contribution < 1.29 is 4.74 Å². The van der Waals surface area contributed by atoms with Gasteiger partial charge in [0.05, 0.1) is 6.61 Å². The predicted octanol–water partition coefficient (Wildman–Crippen LogP) is 4.23. The maximum atomic E-state index is 5.75. The third kappa shape index (κ3) is 9.07. The van der Waals surface area contributed by atoms with Crippen molar-refractivity contribution in [2.75, 3.05) is 39.9 Å². The van der Waals surface area contributed by atoms with Crippen LogP contribution in [0.25, 0.3) is 0 Å². The molecule has 0 bridgehead atoms. The van der Waals surface area contributed by atoms with Crippen LogP contribution in [0.15, 0.2) is 52.8 Å². The molecule has 0 unspecified atom stereocenters. The number of nitrogens with one attached hydrogen (secondary N) is 1. The summed E-state index contributed by atoms with van der Waals surface area (Å²) in [5.41, 5.74) is 1.34. The molecule has 1 heterocycles. The van der Waals surface area contributed by atoms with Crippen molar-refractivity contribution in [2.24, 2.45) is 4.99 Å². The lowest BCUT2D eigenvalue weighted by Gasteiger charge is -2.21. The van der Waals surface area contributed by atoms with Crippen LogP contribution in [-0.4, -0.2) is 50.8 Å². The molecule has 0 aliphatic heterocycles. The first-order chi connectivity index (χ1) is 13.3. The van der Waals surface area contributed by atoms with Crippen LogP contribution >= 0.6 is 11.3 Å². The van der Waals surface area contributed by atoms with Crippen LogP contribution in [0.5, 0.6) is 0 Å². The molecule has 0 radical (unpaired) electrons. The zero-order chi connectivity index (χ0) is 19.2. The van der Waals surface area contributed by atoms with E-state index in [2.05, 4.69) is 66.0 Å². The number of unbranched alkanes of at least 4 members (excludes halogenated alkanes) is 1. The van der Waals surface area contributed by atoms with Gasteiger partial charge in [0, 0.05) is 38.2 Å². The first kappa shape index (κ1) is 21.5. The van der Waals surface area contributed by atoms with Crippen molar-refractivity contribution in [3.05, 3.63) is 58.3 Å². The van der Waals surface area contributed by atoms with Crippen LogP contribution < -0.4 is 5.32 Å². The molecule has 4 nitrogen and oxygen atoms in total. The maximum Gasteiger partial charge on any atom is 0.193 e. The minimum absolute atomic E-state index is 0.793. The molecule has 1 N–H and O–H groups in total. The largest absolute Gasteiger partial charge is 0.381 e. The molecular weight excluding hydrogens is 354 g/mol. The van der Waals surface area contributed by atoms with Gasteiger partial charge in [0.2, 0.25) is 0 Å². The summed E-state index contributed by atoms with van der Waals surface area (Å²) in [7, 11) is 2.11. The van der Waals surface area contributed by atoms with E-state index in [9.17, 15) is 0 Å². The van der Waals surface area contributed by atoms with Crippen LogP contribution in [0.4, 0.5) is 0 Å². The maximum absolute atomic E-state index is 5.75. The fraction of sp³-hybridized carbons (Fsp3) is 0.500. The summed E-state index contributed by atoms with van der Waals surface area (Å²) < 4.78 is 5.75. The second-order valence-corrected chi connectivity index (χ2v) is 7.57. The summed E-state index contributed by atoms with van der Waals surface area (Å²) in [6, 6.07) is 14.8. The first-order valence-corrected chi connectivity index (χ1v) is 10.8. The zero-order valence-corrected chi connectivity index (χ0v) is 17.5. The Labute approximate surface area is 168 Å². The van der Waals surface area contributed by atoms with Gasteiger partial charge in [-0.3, -0.25) is 4.99 Å². The van der Waals surface area contributed by atoms with Crippen molar-refractivity contribution in [2.45, 2.75) is 32.6 Å². The summed E-state index contributed by atoms with van der Waals surface area (Å²) in [4.78, 5) is 8.40. The molecule has 0 fully saturated rings. The Kier molecular flexibility index (Phi) is 10.6. The quantitative estimate of drug-likeness (QED) is 0.336. The smallest absolute Gasteiger partial charge is 0.193 e. The van der Waals surface area contributed by atoms with Crippen LogP contribution in [0.3, 0.4) is 0 Å². The SMILES string of the molecule is CCNC(=NCCCCOCCc1ccccc1)N(C)CCc1cccs1. The molecule has 0 saturated carbocycles. The predicted molar refractivity (Wildman–Crippen MR) is 117 cm³/mol. The molecule has 0 aliphatic rings. The number of rotatable bonds is 12. The van der Waals surface area contributed by atoms with Crippen molar-refractivity contribution in [3.63, 3.8) is 0 Å². The normalized spacial score (nSPS) is 11.6. The Bertz CT molecular complexity index is 628. The minimum atomic E-state index is 0.793. The van der Waals surface area contributed by atoms with E-state index in [0.717, 1.165) is 64.5 Å². The van der Waals surface area contributed by atoms with E-state index in [4.69, 9.17) is 9.73 Å². The number of aliphatic imine (C=N–C) groups is 1. The fourth-order valence-corrected chi connectivity index (χ4v) is 3.44. The number of nitrogens with zero attached hydrogens (tertiary/aromatic N) is 2. The highest BCUT2D eigenvalue weighted by Crippen LogP contribution is 2.09. The fourth-order valence-electron chi connectivity index (χ4n) is 2.75. The van der Waals surface area contributed by atoms with E-state index in [1.54, 1.807) is 0 Å². The summed E-state index contributed by atoms with van der Waals surface area (Å²) in [5, 5.41) is 5.53. The Morgan fingerprint density at radius 3 is 2.67 bits per heavy atom. The van der Waals surface area contributed by atoms with Crippen LogP contribution in [0.2, 0.25) is 0 Å². The van der Waals surface area contributed by atoms with Gasteiger partial charge in [-0.05, 0) is 49.6 Å². The van der Waals surface area contributed by atoms with Gasteiger partial charge in [0.1, 0.15) is 0 Å². The number of hydrogen-bond acceptors (Lipinski definition) is 3. The lowest BCUT2D eigenvalue weighted by Crippen LogP contribution is -2.40. The molecule has 0 spiro atoms. The van der Waals surface area contributed by atoms with E-state index in [1.165, 1.54) is 10.4 Å². The van der Waals surface area contributed by atoms with E-state index >= 15 is 0 Å². The monoisotopic (exact) mass is 387 g/mol. The number of benzene rings is 1. The molecule has 0 amide bonds. The van der Waals surface area contributed by atoms with Crippen molar-refractivity contribution in [3.8, 4) is 0 Å². The highest BCUT2D eigenvalue weighted by molar-refractivity contribution is 7.09. The second-order valence-electron chi connectivity index (χ2n) is 6.54. The molecule has 148 valence electrons. The third-order valence-electron chi connectivity index (χ3n) is 4.31. The number of ether oxygens (including phenoxy) is 1.